The number of ether oxygens (including phenoxy) is 1. The smallest absolute Gasteiger partial charge is 0.0674 e. The molecule has 18 heavy (non-hydrogen) atoms. The second kappa shape index (κ2) is 4.77. The van der Waals surface area contributed by atoms with Gasteiger partial charge in [0.15, 0.2) is 0 Å². The van der Waals surface area contributed by atoms with E-state index in [0.29, 0.717) is 18.6 Å². The van der Waals surface area contributed by atoms with Crippen LogP contribution in [0.1, 0.15) is 51.9 Å². The third-order valence-electron chi connectivity index (χ3n) is 5.75. The quantitative estimate of drug-likeness (QED) is 0.809. The van der Waals surface area contributed by atoms with Crippen molar-refractivity contribution < 1.29 is 9.84 Å². The molecule has 0 aromatic rings. The summed E-state index contributed by atoms with van der Waals surface area (Å²) >= 11 is 0. The van der Waals surface area contributed by atoms with E-state index >= 15 is 0 Å². The van der Waals surface area contributed by atoms with E-state index in [9.17, 15) is 5.11 Å². The Morgan fingerprint density at radius 1 is 1.33 bits per heavy atom. The van der Waals surface area contributed by atoms with Crippen molar-refractivity contribution in [2.45, 2.75) is 70.2 Å². The molecule has 0 aromatic carbocycles. The zero-order chi connectivity index (χ0) is 12.8. The first kappa shape index (κ1) is 12.9. The lowest BCUT2D eigenvalue weighted by Gasteiger charge is -2.44. The van der Waals surface area contributed by atoms with Gasteiger partial charge in [-0.1, -0.05) is 19.8 Å². The van der Waals surface area contributed by atoms with Crippen LogP contribution in [-0.4, -0.2) is 30.0 Å². The number of aliphatic hydroxyl groups is 1. The second-order valence-corrected chi connectivity index (χ2v) is 6.94. The standard InChI is InChI=1S/C15H27NO2/c1-10-3-2-4-11(7-10)14(17)15(9-16)8-12-5-6-13(15)18-12/h10-14,17H,2-9,16H2,1H3. The Labute approximate surface area is 110 Å². The van der Waals surface area contributed by atoms with Crippen molar-refractivity contribution in [3.05, 3.63) is 0 Å². The lowest BCUT2D eigenvalue weighted by molar-refractivity contribution is -0.0668. The summed E-state index contributed by atoms with van der Waals surface area (Å²) in [6, 6.07) is 0. The highest BCUT2D eigenvalue weighted by molar-refractivity contribution is 5.06. The lowest BCUT2D eigenvalue weighted by atomic mass is 9.63. The van der Waals surface area contributed by atoms with Gasteiger partial charge in [0.25, 0.3) is 0 Å². The topological polar surface area (TPSA) is 55.5 Å². The molecule has 0 spiro atoms. The van der Waals surface area contributed by atoms with Crippen LogP contribution in [0.3, 0.4) is 0 Å². The Morgan fingerprint density at radius 2 is 2.17 bits per heavy atom. The molecule has 2 saturated heterocycles. The van der Waals surface area contributed by atoms with Gasteiger partial charge in [0.05, 0.1) is 18.3 Å². The molecule has 3 rings (SSSR count). The van der Waals surface area contributed by atoms with E-state index in [-0.39, 0.29) is 17.6 Å². The molecule has 3 heteroatoms. The number of hydrogen-bond donors (Lipinski definition) is 2. The van der Waals surface area contributed by atoms with E-state index in [4.69, 9.17) is 10.5 Å². The number of hydrogen-bond acceptors (Lipinski definition) is 3. The van der Waals surface area contributed by atoms with Gasteiger partial charge in [0.2, 0.25) is 0 Å². The Bertz CT molecular complexity index is 309. The van der Waals surface area contributed by atoms with Gasteiger partial charge in [0, 0.05) is 12.0 Å². The number of rotatable bonds is 3. The van der Waals surface area contributed by atoms with Crippen LogP contribution in [0.4, 0.5) is 0 Å². The van der Waals surface area contributed by atoms with E-state index in [1.165, 1.54) is 32.1 Å². The van der Waals surface area contributed by atoms with Crippen molar-refractivity contribution in [2.24, 2.45) is 23.0 Å². The zero-order valence-electron chi connectivity index (χ0n) is 11.5. The maximum Gasteiger partial charge on any atom is 0.0674 e. The van der Waals surface area contributed by atoms with Gasteiger partial charge >= 0.3 is 0 Å². The highest BCUT2D eigenvalue weighted by Gasteiger charge is 2.56. The number of aliphatic hydroxyl groups excluding tert-OH is 1. The van der Waals surface area contributed by atoms with Gasteiger partial charge in [-0.3, -0.25) is 0 Å². The first-order chi connectivity index (χ1) is 8.65. The van der Waals surface area contributed by atoms with Crippen LogP contribution in [0, 0.1) is 17.3 Å². The molecule has 2 aliphatic heterocycles. The molecular weight excluding hydrogens is 226 g/mol. The summed E-state index contributed by atoms with van der Waals surface area (Å²) in [5.74, 6) is 1.20. The van der Waals surface area contributed by atoms with Crippen LogP contribution in [0.15, 0.2) is 0 Å². The van der Waals surface area contributed by atoms with E-state index in [0.717, 1.165) is 18.8 Å². The van der Waals surface area contributed by atoms with E-state index in [1.807, 2.05) is 0 Å². The Kier molecular flexibility index (Phi) is 3.41. The molecule has 104 valence electrons. The minimum Gasteiger partial charge on any atom is -0.392 e. The summed E-state index contributed by atoms with van der Waals surface area (Å²) in [7, 11) is 0. The van der Waals surface area contributed by atoms with Crippen LogP contribution in [0.25, 0.3) is 0 Å². The van der Waals surface area contributed by atoms with Crippen molar-refractivity contribution in [3.8, 4) is 0 Å². The van der Waals surface area contributed by atoms with Crippen LogP contribution < -0.4 is 5.73 Å². The maximum absolute atomic E-state index is 10.9. The molecule has 1 saturated carbocycles. The van der Waals surface area contributed by atoms with Crippen molar-refractivity contribution in [2.75, 3.05) is 6.54 Å². The van der Waals surface area contributed by atoms with Gasteiger partial charge in [-0.15, -0.1) is 0 Å². The van der Waals surface area contributed by atoms with Gasteiger partial charge in [-0.2, -0.15) is 0 Å². The summed E-state index contributed by atoms with van der Waals surface area (Å²) in [5, 5.41) is 10.9. The highest BCUT2D eigenvalue weighted by atomic mass is 16.5. The summed E-state index contributed by atoms with van der Waals surface area (Å²) in [6.07, 6.45) is 8.52. The number of nitrogens with two attached hydrogens (primary N) is 1. The first-order valence-electron chi connectivity index (χ1n) is 7.69. The molecule has 3 nitrogen and oxygen atoms in total. The fourth-order valence-corrected chi connectivity index (χ4v) is 4.72. The van der Waals surface area contributed by atoms with Crippen LogP contribution in [-0.2, 0) is 4.74 Å². The van der Waals surface area contributed by atoms with Crippen LogP contribution in [0.2, 0.25) is 0 Å². The maximum atomic E-state index is 10.9. The first-order valence-corrected chi connectivity index (χ1v) is 7.69. The fourth-order valence-electron chi connectivity index (χ4n) is 4.72. The van der Waals surface area contributed by atoms with Gasteiger partial charge < -0.3 is 15.6 Å². The van der Waals surface area contributed by atoms with Crippen molar-refractivity contribution in [3.63, 3.8) is 0 Å². The van der Waals surface area contributed by atoms with Gasteiger partial charge in [-0.05, 0) is 43.9 Å². The summed E-state index contributed by atoms with van der Waals surface area (Å²) in [4.78, 5) is 0. The molecule has 2 bridgehead atoms. The molecule has 0 amide bonds. The molecule has 0 aromatic heterocycles. The van der Waals surface area contributed by atoms with E-state index in [2.05, 4.69) is 6.92 Å². The Morgan fingerprint density at radius 3 is 2.72 bits per heavy atom. The summed E-state index contributed by atoms with van der Waals surface area (Å²) in [5.41, 5.74) is 5.92. The molecule has 3 N–H and O–H groups in total. The Hall–Kier alpha value is -0.120. The van der Waals surface area contributed by atoms with Crippen LogP contribution >= 0.6 is 0 Å². The molecule has 2 heterocycles. The average molecular weight is 253 g/mol. The third kappa shape index (κ3) is 1.91. The summed E-state index contributed by atoms with van der Waals surface area (Å²) in [6.45, 7) is 2.89. The van der Waals surface area contributed by atoms with Crippen molar-refractivity contribution >= 4 is 0 Å². The van der Waals surface area contributed by atoms with Crippen molar-refractivity contribution in [1.29, 1.82) is 0 Å². The molecule has 0 radical (unpaired) electrons. The molecule has 6 unspecified atom stereocenters. The Balaban J connectivity index is 1.75. The molecule has 3 fully saturated rings. The zero-order valence-corrected chi connectivity index (χ0v) is 11.5. The van der Waals surface area contributed by atoms with Crippen molar-refractivity contribution in [1.82, 2.24) is 0 Å². The van der Waals surface area contributed by atoms with E-state index in [1.54, 1.807) is 0 Å². The van der Waals surface area contributed by atoms with Gasteiger partial charge in [-0.25, -0.2) is 0 Å². The summed E-state index contributed by atoms with van der Waals surface area (Å²) < 4.78 is 5.98. The largest absolute Gasteiger partial charge is 0.392 e. The fraction of sp³-hybridized carbons (Fsp3) is 1.00. The minimum absolute atomic E-state index is 0.134. The third-order valence-corrected chi connectivity index (χ3v) is 5.75. The molecule has 3 aliphatic rings. The highest BCUT2D eigenvalue weighted by Crippen LogP contribution is 2.52. The molecule has 6 atom stereocenters. The van der Waals surface area contributed by atoms with Gasteiger partial charge in [0.1, 0.15) is 0 Å². The van der Waals surface area contributed by atoms with Crippen LogP contribution in [0.5, 0.6) is 0 Å². The monoisotopic (exact) mass is 253 g/mol. The predicted molar refractivity (Wildman–Crippen MR) is 71.1 cm³/mol. The normalized spacial score (nSPS) is 49.5. The lowest BCUT2D eigenvalue weighted by Crippen LogP contribution is -2.52. The van der Waals surface area contributed by atoms with E-state index < -0.39 is 0 Å². The molecular formula is C15H27NO2. The second-order valence-electron chi connectivity index (χ2n) is 6.94. The molecule has 1 aliphatic carbocycles. The number of fused-ring (bicyclic) bond motifs is 2. The SMILES string of the molecule is CC1CCCC(C(O)C2(CN)CC3CCC2O3)C1. The minimum atomic E-state index is -0.249. The predicted octanol–water partition coefficient (Wildman–Crippen LogP) is 2.07. The average Bonchev–Trinajstić information content (AvgIpc) is 2.98.